The van der Waals surface area contributed by atoms with Crippen molar-refractivity contribution < 1.29 is 27.0 Å². The molecule has 0 aromatic heterocycles. The quantitative estimate of drug-likeness (QED) is 0.624. The summed E-state index contributed by atoms with van der Waals surface area (Å²) in [6, 6.07) is 0. The third kappa shape index (κ3) is 7.77. The predicted octanol–water partition coefficient (Wildman–Crippen LogP) is 1.72. The van der Waals surface area contributed by atoms with Gasteiger partial charge in [-0.3, -0.25) is 9.59 Å². The van der Waals surface area contributed by atoms with Gasteiger partial charge in [0.2, 0.25) is 0 Å². The minimum absolute atomic E-state index is 0. The van der Waals surface area contributed by atoms with E-state index in [2.05, 4.69) is 0 Å². The first kappa shape index (κ1) is 13.5. The Balaban J connectivity index is 0. The summed E-state index contributed by atoms with van der Waals surface area (Å²) in [5, 5.41) is 0. The molecule has 0 aliphatic heterocycles. The second-order valence-electron chi connectivity index (χ2n) is 2.36. The van der Waals surface area contributed by atoms with Crippen LogP contribution in [-0.2, 0) is 27.0 Å². The molecule has 0 aromatic carbocycles. The topological polar surface area (TPSA) is 34.1 Å². The summed E-state index contributed by atoms with van der Waals surface area (Å²) in [6.07, 6.45) is 2.02. The summed E-state index contributed by atoms with van der Waals surface area (Å²) in [5.74, 6) is 0.132. The first-order chi connectivity index (χ1) is 4.70. The van der Waals surface area contributed by atoms with Crippen molar-refractivity contribution in [1.29, 1.82) is 0 Å². The Morgan fingerprint density at radius 1 is 1.09 bits per heavy atom. The molecule has 3 heteroatoms. The van der Waals surface area contributed by atoms with Crippen LogP contribution in [0.3, 0.4) is 0 Å². The zero-order chi connectivity index (χ0) is 7.98. The number of carbonyl (C=O) groups is 2. The number of hydrogen-bond acceptors (Lipinski definition) is 2. The SMILES string of the molecule is CCCC(=O)CC(=O)CC.[Cr+3]. The Bertz CT molecular complexity index is 132. The molecule has 11 heavy (non-hydrogen) atoms. The molecule has 0 unspecified atom stereocenters. The summed E-state index contributed by atoms with van der Waals surface area (Å²) < 4.78 is 0. The molecule has 1 radical (unpaired) electrons. The number of Topliss-reactive ketones (excluding diaryl/α,β-unsaturated/α-hetero) is 2. The number of ketones is 2. The summed E-state index contributed by atoms with van der Waals surface area (Å²) in [6.45, 7) is 3.72. The van der Waals surface area contributed by atoms with Crippen molar-refractivity contribution in [2.75, 3.05) is 0 Å². The van der Waals surface area contributed by atoms with E-state index in [1.165, 1.54) is 0 Å². The van der Waals surface area contributed by atoms with Crippen LogP contribution in [0.5, 0.6) is 0 Å². The third-order valence-electron chi connectivity index (χ3n) is 1.32. The Kier molecular flexibility index (Phi) is 9.76. The van der Waals surface area contributed by atoms with Gasteiger partial charge in [0.05, 0.1) is 6.42 Å². The number of rotatable bonds is 5. The molecule has 0 saturated heterocycles. The molecule has 0 spiro atoms. The average molecular weight is 194 g/mol. The molecule has 61 valence electrons. The molecule has 0 amide bonds. The van der Waals surface area contributed by atoms with Crippen LogP contribution in [0.4, 0.5) is 0 Å². The minimum Gasteiger partial charge on any atom is -0.299 e. The third-order valence-corrected chi connectivity index (χ3v) is 1.32. The van der Waals surface area contributed by atoms with Crippen molar-refractivity contribution in [2.45, 2.75) is 39.5 Å². The molecular weight excluding hydrogens is 180 g/mol. The monoisotopic (exact) mass is 194 g/mol. The minimum atomic E-state index is 0. The van der Waals surface area contributed by atoms with Crippen molar-refractivity contribution >= 4 is 11.6 Å². The predicted molar refractivity (Wildman–Crippen MR) is 39.8 cm³/mol. The molecule has 0 aliphatic rings. The molecule has 0 saturated carbocycles. The number of hydrogen-bond donors (Lipinski definition) is 0. The van der Waals surface area contributed by atoms with E-state index in [1.807, 2.05) is 6.92 Å². The summed E-state index contributed by atoms with van der Waals surface area (Å²) in [4.78, 5) is 21.5. The van der Waals surface area contributed by atoms with E-state index in [-0.39, 0.29) is 35.3 Å². The summed E-state index contributed by atoms with van der Waals surface area (Å²) in [7, 11) is 0. The fraction of sp³-hybridized carbons (Fsp3) is 0.750. The van der Waals surface area contributed by atoms with E-state index >= 15 is 0 Å². The molecule has 0 bridgehead atoms. The number of carbonyl (C=O) groups excluding carboxylic acids is 2. The van der Waals surface area contributed by atoms with Crippen LogP contribution in [0.1, 0.15) is 39.5 Å². The Morgan fingerprint density at radius 3 is 2.00 bits per heavy atom. The van der Waals surface area contributed by atoms with Crippen LogP contribution >= 0.6 is 0 Å². The Labute approximate surface area is 78.5 Å². The Morgan fingerprint density at radius 2 is 1.64 bits per heavy atom. The van der Waals surface area contributed by atoms with Gasteiger partial charge in [-0.1, -0.05) is 13.8 Å². The van der Waals surface area contributed by atoms with E-state index in [1.54, 1.807) is 6.92 Å². The average Bonchev–Trinajstić information content (AvgIpc) is 1.88. The van der Waals surface area contributed by atoms with Gasteiger partial charge in [0.25, 0.3) is 0 Å². The molecule has 0 rings (SSSR count). The van der Waals surface area contributed by atoms with Gasteiger partial charge in [0, 0.05) is 12.8 Å². The van der Waals surface area contributed by atoms with Crippen LogP contribution < -0.4 is 0 Å². The smallest absolute Gasteiger partial charge is 0.299 e. The summed E-state index contributed by atoms with van der Waals surface area (Å²) >= 11 is 0. The summed E-state index contributed by atoms with van der Waals surface area (Å²) in [5.41, 5.74) is 0. The molecular formula is C8H14CrO2+3. The van der Waals surface area contributed by atoms with E-state index in [4.69, 9.17) is 0 Å². The maximum absolute atomic E-state index is 10.8. The van der Waals surface area contributed by atoms with E-state index in [0.717, 1.165) is 6.42 Å². The van der Waals surface area contributed by atoms with Gasteiger partial charge in [-0.25, -0.2) is 0 Å². The fourth-order valence-electron chi connectivity index (χ4n) is 0.712. The molecule has 0 fully saturated rings. The van der Waals surface area contributed by atoms with Gasteiger partial charge < -0.3 is 0 Å². The second-order valence-corrected chi connectivity index (χ2v) is 2.36. The van der Waals surface area contributed by atoms with Gasteiger partial charge >= 0.3 is 17.4 Å². The zero-order valence-corrected chi connectivity index (χ0v) is 8.33. The van der Waals surface area contributed by atoms with E-state index in [0.29, 0.717) is 12.8 Å². The van der Waals surface area contributed by atoms with Crippen LogP contribution in [-0.4, -0.2) is 11.6 Å². The molecule has 2 nitrogen and oxygen atoms in total. The Hall–Kier alpha value is -0.128. The van der Waals surface area contributed by atoms with Crippen LogP contribution in [0, 0.1) is 0 Å². The zero-order valence-electron chi connectivity index (χ0n) is 7.05. The van der Waals surface area contributed by atoms with Gasteiger partial charge in [-0.15, -0.1) is 0 Å². The maximum Gasteiger partial charge on any atom is 3.00 e. The fourth-order valence-corrected chi connectivity index (χ4v) is 0.712. The van der Waals surface area contributed by atoms with Gasteiger partial charge in [0.15, 0.2) is 0 Å². The molecule has 0 heterocycles. The van der Waals surface area contributed by atoms with Gasteiger partial charge in [-0.2, -0.15) is 0 Å². The van der Waals surface area contributed by atoms with Crippen LogP contribution in [0.2, 0.25) is 0 Å². The first-order valence-electron chi connectivity index (χ1n) is 3.74. The normalized spacial score (nSPS) is 8.55. The van der Waals surface area contributed by atoms with E-state index < -0.39 is 0 Å². The van der Waals surface area contributed by atoms with E-state index in [9.17, 15) is 9.59 Å². The van der Waals surface area contributed by atoms with Crippen LogP contribution in [0.25, 0.3) is 0 Å². The van der Waals surface area contributed by atoms with Gasteiger partial charge in [0.1, 0.15) is 11.6 Å². The van der Waals surface area contributed by atoms with Crippen molar-refractivity contribution in [3.05, 3.63) is 0 Å². The first-order valence-corrected chi connectivity index (χ1v) is 3.74. The van der Waals surface area contributed by atoms with Gasteiger partial charge in [-0.05, 0) is 6.42 Å². The van der Waals surface area contributed by atoms with Crippen molar-refractivity contribution in [3.8, 4) is 0 Å². The largest absolute Gasteiger partial charge is 3.00 e. The maximum atomic E-state index is 10.8. The van der Waals surface area contributed by atoms with Crippen molar-refractivity contribution in [2.24, 2.45) is 0 Å². The van der Waals surface area contributed by atoms with Crippen molar-refractivity contribution in [1.82, 2.24) is 0 Å². The molecule has 0 aromatic rings. The van der Waals surface area contributed by atoms with Crippen LogP contribution in [0.15, 0.2) is 0 Å². The molecule has 0 N–H and O–H groups in total. The van der Waals surface area contributed by atoms with Crippen molar-refractivity contribution in [3.63, 3.8) is 0 Å². The second kappa shape index (κ2) is 7.97. The standard InChI is InChI=1S/C8H14O2.Cr/c1-3-5-8(10)6-7(9)4-2;/h3-6H2,1-2H3;/q;+3. The molecule has 0 atom stereocenters. The molecule has 0 aliphatic carbocycles.